The fourth-order valence-electron chi connectivity index (χ4n) is 3.92. The maximum Gasteiger partial charge on any atom is 0.337 e. The summed E-state index contributed by atoms with van der Waals surface area (Å²) in [6, 6.07) is 5.43. The molecule has 162 valence electrons. The molecule has 1 aromatic carbocycles. The number of hydrogen-bond donors (Lipinski definition) is 2. The zero-order valence-corrected chi connectivity index (χ0v) is 16.9. The van der Waals surface area contributed by atoms with Gasteiger partial charge >= 0.3 is 5.97 Å². The van der Waals surface area contributed by atoms with Crippen molar-refractivity contribution < 1.29 is 18.7 Å². The number of benzene rings is 1. The highest BCUT2D eigenvalue weighted by Crippen LogP contribution is 2.27. The molecule has 1 saturated heterocycles. The number of anilines is 2. The standard InChI is InChI=1S/C22H22F2N4O3/c1-13(25-18-6-5-14(23)9-17(18)22(30)31)16-10-15(24)12-28-20(29)11-19(26-21(16)28)27-7-3-2-4-8-27/h5-6,9-13,25H,2-4,7-8H2,1H3,(H,30,31)/t13-/m1/s1. The highest BCUT2D eigenvalue weighted by Gasteiger charge is 2.20. The monoisotopic (exact) mass is 428 g/mol. The number of pyridine rings is 1. The lowest BCUT2D eigenvalue weighted by Gasteiger charge is -2.28. The van der Waals surface area contributed by atoms with Gasteiger partial charge in [-0.2, -0.15) is 0 Å². The molecule has 0 saturated carbocycles. The number of nitrogens with one attached hydrogen (secondary N) is 1. The molecule has 9 heteroatoms. The highest BCUT2D eigenvalue weighted by molar-refractivity contribution is 5.94. The number of halogens is 2. The van der Waals surface area contributed by atoms with E-state index in [1.165, 1.54) is 18.2 Å². The van der Waals surface area contributed by atoms with Crippen LogP contribution in [0.3, 0.4) is 0 Å². The second kappa shape index (κ2) is 8.33. The summed E-state index contributed by atoms with van der Waals surface area (Å²) in [4.78, 5) is 30.9. The lowest BCUT2D eigenvalue weighted by molar-refractivity contribution is 0.0697. The van der Waals surface area contributed by atoms with Crippen molar-refractivity contribution in [2.45, 2.75) is 32.2 Å². The minimum atomic E-state index is -1.29. The van der Waals surface area contributed by atoms with Crippen molar-refractivity contribution in [1.82, 2.24) is 9.38 Å². The Labute approximate surface area is 177 Å². The van der Waals surface area contributed by atoms with Gasteiger partial charge in [-0.15, -0.1) is 0 Å². The SMILES string of the molecule is C[C@@H](Nc1ccc(F)cc1C(=O)O)c1cc(F)cn2c(=O)cc(N3CCCCC3)nc12. The molecule has 0 spiro atoms. The Balaban J connectivity index is 1.78. The molecule has 0 unspecified atom stereocenters. The minimum absolute atomic E-state index is 0.179. The van der Waals surface area contributed by atoms with Crippen molar-refractivity contribution in [1.29, 1.82) is 0 Å². The van der Waals surface area contributed by atoms with Crippen LogP contribution in [-0.2, 0) is 0 Å². The molecular formula is C22H22F2N4O3. The molecule has 1 atom stereocenters. The first-order valence-electron chi connectivity index (χ1n) is 10.1. The third-order valence-electron chi connectivity index (χ3n) is 5.47. The largest absolute Gasteiger partial charge is 0.478 e. The van der Waals surface area contributed by atoms with Crippen molar-refractivity contribution in [2.75, 3.05) is 23.3 Å². The Kier molecular flexibility index (Phi) is 5.58. The number of fused-ring (bicyclic) bond motifs is 1. The Morgan fingerprint density at radius 1 is 1.13 bits per heavy atom. The Hall–Kier alpha value is -3.49. The lowest BCUT2D eigenvalue weighted by atomic mass is 10.1. The van der Waals surface area contributed by atoms with Crippen LogP contribution in [0.1, 0.15) is 48.1 Å². The third-order valence-corrected chi connectivity index (χ3v) is 5.47. The maximum atomic E-state index is 14.3. The summed E-state index contributed by atoms with van der Waals surface area (Å²) in [5.41, 5.74) is 0.210. The molecule has 31 heavy (non-hydrogen) atoms. The van der Waals surface area contributed by atoms with Crippen LogP contribution in [0, 0.1) is 11.6 Å². The van der Waals surface area contributed by atoms with Crippen molar-refractivity contribution >= 4 is 23.1 Å². The molecule has 0 amide bonds. The van der Waals surface area contributed by atoms with Gasteiger partial charge in [0, 0.05) is 36.6 Å². The van der Waals surface area contributed by atoms with E-state index >= 15 is 0 Å². The Morgan fingerprint density at radius 3 is 2.58 bits per heavy atom. The van der Waals surface area contributed by atoms with Crippen molar-refractivity contribution in [3.63, 3.8) is 0 Å². The van der Waals surface area contributed by atoms with Gasteiger partial charge in [-0.25, -0.2) is 18.6 Å². The topological polar surface area (TPSA) is 86.9 Å². The predicted octanol–water partition coefficient (Wildman–Crippen LogP) is 3.83. The number of hydrogen-bond acceptors (Lipinski definition) is 5. The first-order valence-corrected chi connectivity index (χ1v) is 10.1. The summed E-state index contributed by atoms with van der Waals surface area (Å²) in [5, 5.41) is 12.4. The molecule has 2 N–H and O–H groups in total. The maximum absolute atomic E-state index is 14.3. The summed E-state index contributed by atoms with van der Waals surface area (Å²) >= 11 is 0. The summed E-state index contributed by atoms with van der Waals surface area (Å²) in [6.07, 6.45) is 4.24. The van der Waals surface area contributed by atoms with Crippen molar-refractivity contribution in [3.8, 4) is 0 Å². The fraction of sp³-hybridized carbons (Fsp3) is 0.318. The fourth-order valence-corrected chi connectivity index (χ4v) is 3.92. The van der Waals surface area contributed by atoms with Gasteiger partial charge in [-0.3, -0.25) is 9.20 Å². The average Bonchev–Trinajstić information content (AvgIpc) is 2.75. The Morgan fingerprint density at radius 2 is 1.87 bits per heavy atom. The molecule has 1 aliphatic heterocycles. The van der Waals surface area contributed by atoms with E-state index in [4.69, 9.17) is 0 Å². The normalized spacial score (nSPS) is 15.1. The van der Waals surface area contributed by atoms with Crippen LogP contribution in [0.2, 0.25) is 0 Å². The summed E-state index contributed by atoms with van der Waals surface area (Å²) < 4.78 is 29.0. The minimum Gasteiger partial charge on any atom is -0.478 e. The van der Waals surface area contributed by atoms with Gasteiger partial charge in [-0.05, 0) is 50.5 Å². The van der Waals surface area contributed by atoms with Gasteiger partial charge in [0.05, 0.1) is 11.6 Å². The van der Waals surface area contributed by atoms with E-state index in [0.29, 0.717) is 11.4 Å². The van der Waals surface area contributed by atoms with E-state index in [1.807, 2.05) is 4.90 Å². The molecule has 3 aromatic rings. The van der Waals surface area contributed by atoms with E-state index < -0.39 is 29.2 Å². The Bertz CT molecular complexity index is 1210. The number of piperidine rings is 1. The van der Waals surface area contributed by atoms with E-state index in [9.17, 15) is 23.5 Å². The van der Waals surface area contributed by atoms with E-state index in [0.717, 1.165) is 55.1 Å². The molecule has 4 rings (SSSR count). The average molecular weight is 428 g/mol. The highest BCUT2D eigenvalue weighted by atomic mass is 19.1. The van der Waals surface area contributed by atoms with E-state index in [-0.39, 0.29) is 16.9 Å². The first kappa shape index (κ1) is 20.8. The van der Waals surface area contributed by atoms with Crippen LogP contribution < -0.4 is 15.8 Å². The zero-order chi connectivity index (χ0) is 22.1. The van der Waals surface area contributed by atoms with Gasteiger partial charge in [0.2, 0.25) is 0 Å². The predicted molar refractivity (Wildman–Crippen MR) is 113 cm³/mol. The smallest absolute Gasteiger partial charge is 0.337 e. The molecule has 7 nitrogen and oxygen atoms in total. The molecule has 1 fully saturated rings. The number of nitrogens with zero attached hydrogens (tertiary/aromatic N) is 3. The first-order chi connectivity index (χ1) is 14.8. The van der Waals surface area contributed by atoms with Crippen molar-refractivity contribution in [2.24, 2.45) is 0 Å². The summed E-state index contributed by atoms with van der Waals surface area (Å²) in [6.45, 7) is 3.29. The quantitative estimate of drug-likeness (QED) is 0.642. The van der Waals surface area contributed by atoms with E-state index in [2.05, 4.69) is 10.3 Å². The number of carboxylic acids is 1. The van der Waals surface area contributed by atoms with Crippen LogP contribution in [-0.4, -0.2) is 33.6 Å². The molecule has 0 radical (unpaired) electrons. The molecule has 1 aliphatic rings. The number of aromatic nitrogens is 2. The van der Waals surface area contributed by atoms with Gasteiger partial charge in [0.15, 0.2) is 0 Å². The van der Waals surface area contributed by atoms with Crippen LogP contribution in [0.5, 0.6) is 0 Å². The van der Waals surface area contributed by atoms with Crippen molar-refractivity contribution in [3.05, 3.63) is 69.6 Å². The van der Waals surface area contributed by atoms with Gasteiger partial charge in [0.25, 0.3) is 5.56 Å². The van der Waals surface area contributed by atoms with Gasteiger partial charge < -0.3 is 15.3 Å². The summed E-state index contributed by atoms with van der Waals surface area (Å²) in [7, 11) is 0. The van der Waals surface area contributed by atoms with Crippen LogP contribution >= 0.6 is 0 Å². The van der Waals surface area contributed by atoms with E-state index in [1.54, 1.807) is 6.92 Å². The zero-order valence-electron chi connectivity index (χ0n) is 16.9. The number of rotatable bonds is 5. The van der Waals surface area contributed by atoms with Gasteiger partial charge in [-0.1, -0.05) is 0 Å². The second-order valence-corrected chi connectivity index (χ2v) is 7.67. The number of aromatic carboxylic acids is 1. The second-order valence-electron chi connectivity index (χ2n) is 7.67. The molecule has 3 heterocycles. The third kappa shape index (κ3) is 4.21. The number of carbonyl (C=O) groups is 1. The van der Waals surface area contributed by atoms with Crippen LogP contribution in [0.4, 0.5) is 20.3 Å². The van der Waals surface area contributed by atoms with Crippen LogP contribution in [0.25, 0.3) is 5.65 Å². The molecular weight excluding hydrogens is 406 g/mol. The van der Waals surface area contributed by atoms with Crippen LogP contribution in [0.15, 0.2) is 41.3 Å². The summed E-state index contributed by atoms with van der Waals surface area (Å²) in [5.74, 6) is -2.05. The lowest BCUT2D eigenvalue weighted by Crippen LogP contribution is -2.32. The molecule has 2 aromatic heterocycles. The van der Waals surface area contributed by atoms with Gasteiger partial charge in [0.1, 0.15) is 23.1 Å². The molecule has 0 aliphatic carbocycles. The number of carboxylic acid groups (broad SMARTS) is 1. The molecule has 0 bridgehead atoms.